The molecule has 1 aliphatic rings. The number of halogens is 2. The summed E-state index contributed by atoms with van der Waals surface area (Å²) in [5.74, 6) is 0.472. The molecule has 0 bridgehead atoms. The highest BCUT2D eigenvalue weighted by molar-refractivity contribution is 6.45. The first kappa shape index (κ1) is 22.1. The Hall–Kier alpha value is -2.57. The molecule has 0 aliphatic heterocycles. The summed E-state index contributed by atoms with van der Waals surface area (Å²) in [4.78, 5) is 22.4. The number of carbonyl (C=O) groups excluding carboxylic acids is 1. The van der Waals surface area contributed by atoms with Crippen LogP contribution in [-0.4, -0.2) is 32.0 Å². The van der Waals surface area contributed by atoms with Crippen molar-refractivity contribution in [3.63, 3.8) is 0 Å². The van der Waals surface area contributed by atoms with Gasteiger partial charge in [0.05, 0.1) is 0 Å². The predicted molar refractivity (Wildman–Crippen MR) is 119 cm³/mol. The lowest BCUT2D eigenvalue weighted by Crippen LogP contribution is -2.29. The van der Waals surface area contributed by atoms with E-state index in [4.69, 9.17) is 32.9 Å². The zero-order valence-corrected chi connectivity index (χ0v) is 18.3. The quantitative estimate of drug-likeness (QED) is 0.443. The topological polar surface area (TPSA) is 72.3 Å². The van der Waals surface area contributed by atoms with Gasteiger partial charge in [-0.2, -0.15) is 0 Å². The molecule has 0 radical (unpaired) electrons. The Morgan fingerprint density at radius 1 is 1.20 bits per heavy atom. The maximum Gasteiger partial charge on any atom is 0.273 e. The third-order valence-electron chi connectivity index (χ3n) is 4.97. The number of rotatable bonds is 9. The molecule has 1 aliphatic carbocycles. The van der Waals surface area contributed by atoms with Gasteiger partial charge >= 0.3 is 0 Å². The van der Waals surface area contributed by atoms with Crippen molar-refractivity contribution in [3.05, 3.63) is 69.2 Å². The van der Waals surface area contributed by atoms with Crippen LogP contribution in [0.25, 0.3) is 0 Å². The van der Waals surface area contributed by atoms with E-state index in [9.17, 15) is 4.79 Å². The zero-order chi connectivity index (χ0) is 21.5. The monoisotopic (exact) mass is 447 g/mol. The van der Waals surface area contributed by atoms with E-state index in [1.54, 1.807) is 12.3 Å². The van der Waals surface area contributed by atoms with Crippen molar-refractivity contribution in [1.82, 2.24) is 5.32 Å². The minimum Gasteiger partial charge on any atom is -0.398 e. The van der Waals surface area contributed by atoms with E-state index in [1.807, 2.05) is 36.4 Å². The van der Waals surface area contributed by atoms with Crippen LogP contribution in [0.2, 0.25) is 10.0 Å². The Morgan fingerprint density at radius 2 is 1.93 bits per heavy atom. The molecule has 2 aromatic carbocycles. The molecule has 30 heavy (non-hydrogen) atoms. The number of carbonyl (C=O) groups is 1. The van der Waals surface area contributed by atoms with E-state index in [2.05, 4.69) is 15.6 Å². The normalized spacial score (nSPS) is 18.3. The van der Waals surface area contributed by atoms with Crippen molar-refractivity contribution in [2.75, 3.05) is 14.2 Å². The number of nitrogens with zero attached hydrogens (tertiary/aromatic N) is 2. The molecule has 2 aromatic rings. The lowest BCUT2D eigenvalue weighted by Gasteiger charge is -2.09. The standard InChI is InChI=1S/C22H23Cl2N3O3/c1-25-22(28)21(27-29-2)16-7-4-3-6-15(16)13-30-26-11-10-14-12-17(14)20-18(23)8-5-9-19(20)24/h3-9,11,14,17H,10,12-13H2,1-2H3,(H,25,28)/t14-,17-/m1/s1. The van der Waals surface area contributed by atoms with Gasteiger partial charge < -0.3 is 15.0 Å². The Morgan fingerprint density at radius 3 is 2.63 bits per heavy atom. The van der Waals surface area contributed by atoms with E-state index < -0.39 is 0 Å². The van der Waals surface area contributed by atoms with Gasteiger partial charge in [-0.25, -0.2) is 0 Å². The van der Waals surface area contributed by atoms with Crippen molar-refractivity contribution in [1.29, 1.82) is 0 Å². The number of hydrogen-bond donors (Lipinski definition) is 1. The molecule has 2 atom stereocenters. The first-order valence-corrected chi connectivity index (χ1v) is 10.3. The third-order valence-corrected chi connectivity index (χ3v) is 5.63. The lowest BCUT2D eigenvalue weighted by molar-refractivity contribution is -0.114. The van der Waals surface area contributed by atoms with Gasteiger partial charge in [0.2, 0.25) is 0 Å². The highest BCUT2D eigenvalue weighted by atomic mass is 35.5. The molecule has 8 heteroatoms. The number of hydrogen-bond acceptors (Lipinski definition) is 5. The number of benzene rings is 2. The summed E-state index contributed by atoms with van der Waals surface area (Å²) in [6.45, 7) is 0.205. The fraction of sp³-hybridized carbons (Fsp3) is 0.318. The largest absolute Gasteiger partial charge is 0.398 e. The summed E-state index contributed by atoms with van der Waals surface area (Å²) >= 11 is 12.6. The van der Waals surface area contributed by atoms with Gasteiger partial charge in [-0.05, 0) is 42.4 Å². The van der Waals surface area contributed by atoms with Crippen LogP contribution in [-0.2, 0) is 21.1 Å². The Labute approximate surface area is 185 Å². The fourth-order valence-electron chi connectivity index (χ4n) is 3.36. The summed E-state index contributed by atoms with van der Waals surface area (Å²) in [6.07, 6.45) is 3.57. The molecule has 1 N–H and O–H groups in total. The van der Waals surface area contributed by atoms with Crippen LogP contribution in [0.15, 0.2) is 52.8 Å². The summed E-state index contributed by atoms with van der Waals surface area (Å²) < 4.78 is 0. The van der Waals surface area contributed by atoms with Crippen LogP contribution in [0, 0.1) is 5.92 Å². The van der Waals surface area contributed by atoms with E-state index >= 15 is 0 Å². The van der Waals surface area contributed by atoms with Gasteiger partial charge in [0.1, 0.15) is 13.7 Å². The van der Waals surface area contributed by atoms with E-state index in [-0.39, 0.29) is 18.2 Å². The van der Waals surface area contributed by atoms with Crippen LogP contribution in [0.4, 0.5) is 0 Å². The summed E-state index contributed by atoms with van der Waals surface area (Å²) in [6, 6.07) is 12.9. The number of likely N-dealkylation sites (N-methyl/N-ethyl adjacent to an activating group) is 1. The minimum atomic E-state index is -0.342. The lowest BCUT2D eigenvalue weighted by atomic mass is 10.0. The van der Waals surface area contributed by atoms with Crippen LogP contribution in [0.1, 0.15) is 35.4 Å². The second kappa shape index (κ2) is 10.5. The molecule has 0 aromatic heterocycles. The smallest absolute Gasteiger partial charge is 0.273 e. The first-order valence-electron chi connectivity index (χ1n) is 9.56. The highest BCUT2D eigenvalue weighted by Crippen LogP contribution is 2.53. The molecule has 1 amide bonds. The van der Waals surface area contributed by atoms with Crippen molar-refractivity contribution in [2.45, 2.75) is 25.4 Å². The number of amides is 1. The molecule has 0 heterocycles. The molecule has 158 valence electrons. The third kappa shape index (κ3) is 5.32. The van der Waals surface area contributed by atoms with Gasteiger partial charge in [0.25, 0.3) is 5.91 Å². The molecule has 0 saturated heterocycles. The fourth-order valence-corrected chi connectivity index (χ4v) is 4.04. The second-order valence-corrected chi connectivity index (χ2v) is 7.71. The predicted octanol–water partition coefficient (Wildman–Crippen LogP) is 4.79. The number of oxime groups is 2. The zero-order valence-electron chi connectivity index (χ0n) is 16.8. The SMILES string of the molecule is CNC(=O)C(=NOC)c1ccccc1CON=CC[C@@H]1C[C@H]1c1c(Cl)cccc1Cl. The van der Waals surface area contributed by atoms with Crippen molar-refractivity contribution in [2.24, 2.45) is 16.2 Å². The van der Waals surface area contributed by atoms with Gasteiger partial charge in [-0.3, -0.25) is 4.79 Å². The van der Waals surface area contributed by atoms with E-state index in [0.29, 0.717) is 27.4 Å². The van der Waals surface area contributed by atoms with Gasteiger partial charge in [0.15, 0.2) is 5.71 Å². The Balaban J connectivity index is 1.56. The molecule has 3 rings (SSSR count). The second-order valence-electron chi connectivity index (χ2n) is 6.89. The minimum absolute atomic E-state index is 0.181. The van der Waals surface area contributed by atoms with Crippen LogP contribution < -0.4 is 5.32 Å². The molecule has 0 spiro atoms. The summed E-state index contributed by atoms with van der Waals surface area (Å²) in [5.41, 5.74) is 2.61. The summed E-state index contributed by atoms with van der Waals surface area (Å²) in [7, 11) is 2.94. The maximum absolute atomic E-state index is 12.1. The molecule has 1 fully saturated rings. The molecular weight excluding hydrogens is 425 g/mol. The summed E-state index contributed by atoms with van der Waals surface area (Å²) in [5, 5.41) is 11.9. The van der Waals surface area contributed by atoms with Gasteiger partial charge in [-0.1, -0.05) is 63.8 Å². The van der Waals surface area contributed by atoms with Crippen LogP contribution in [0.5, 0.6) is 0 Å². The van der Waals surface area contributed by atoms with Crippen LogP contribution >= 0.6 is 23.2 Å². The molecular formula is C22H23Cl2N3O3. The average Bonchev–Trinajstić information content (AvgIpc) is 3.50. The Kier molecular flexibility index (Phi) is 7.71. The molecule has 6 nitrogen and oxygen atoms in total. The molecule has 1 saturated carbocycles. The number of nitrogens with one attached hydrogen (secondary N) is 1. The van der Waals surface area contributed by atoms with Gasteiger partial charge in [0, 0.05) is 34.4 Å². The first-order chi connectivity index (χ1) is 14.6. The van der Waals surface area contributed by atoms with Crippen LogP contribution in [0.3, 0.4) is 0 Å². The van der Waals surface area contributed by atoms with E-state index in [0.717, 1.165) is 24.0 Å². The maximum atomic E-state index is 12.1. The van der Waals surface area contributed by atoms with Crippen molar-refractivity contribution >= 4 is 41.0 Å². The van der Waals surface area contributed by atoms with E-state index in [1.165, 1.54) is 14.2 Å². The van der Waals surface area contributed by atoms with Crippen molar-refractivity contribution in [3.8, 4) is 0 Å². The molecule has 0 unspecified atom stereocenters. The van der Waals surface area contributed by atoms with Crippen molar-refractivity contribution < 1.29 is 14.5 Å². The highest BCUT2D eigenvalue weighted by Gasteiger charge is 2.39. The Bertz CT molecular complexity index is 942. The van der Waals surface area contributed by atoms with Gasteiger partial charge in [-0.15, -0.1) is 0 Å². The average molecular weight is 448 g/mol.